The first-order chi connectivity index (χ1) is 9.15. The lowest BCUT2D eigenvalue weighted by Gasteiger charge is -2.18. The average molecular weight is 290 g/mol. The second-order valence-corrected chi connectivity index (χ2v) is 4.60. The van der Waals surface area contributed by atoms with E-state index in [2.05, 4.69) is 5.32 Å². The van der Waals surface area contributed by atoms with Crippen molar-refractivity contribution in [2.45, 2.75) is 12.1 Å². The van der Waals surface area contributed by atoms with Crippen LogP contribution in [-0.2, 0) is 4.74 Å². The van der Waals surface area contributed by atoms with Gasteiger partial charge in [0.2, 0.25) is 0 Å². The molecule has 0 aliphatic carbocycles. The third kappa shape index (κ3) is 6.75. The smallest absolute Gasteiger partial charge is 0.120 e. The molecule has 0 spiro atoms. The lowest BCUT2D eigenvalue weighted by molar-refractivity contribution is 0.0854. The van der Waals surface area contributed by atoms with Crippen molar-refractivity contribution in [2.75, 3.05) is 33.5 Å². The highest BCUT2D eigenvalue weighted by Crippen LogP contribution is 2.17. The Labute approximate surface area is 118 Å². The molecular weight excluding hydrogens is 270 g/mol. The molecule has 0 saturated carbocycles. The highest BCUT2D eigenvalue weighted by molar-refractivity contribution is 6.30. The fourth-order valence-electron chi connectivity index (χ4n) is 1.49. The molecule has 1 aromatic rings. The third-order valence-electron chi connectivity index (χ3n) is 2.47. The van der Waals surface area contributed by atoms with E-state index in [1.54, 1.807) is 31.4 Å². The zero-order valence-electron chi connectivity index (χ0n) is 10.9. The van der Waals surface area contributed by atoms with Gasteiger partial charge < -0.3 is 25.0 Å². The van der Waals surface area contributed by atoms with Gasteiger partial charge in [-0.2, -0.15) is 0 Å². The Kier molecular flexibility index (Phi) is 7.78. The van der Waals surface area contributed by atoms with E-state index in [1.165, 1.54) is 0 Å². The van der Waals surface area contributed by atoms with E-state index < -0.39 is 6.10 Å². The molecule has 19 heavy (non-hydrogen) atoms. The Morgan fingerprint density at radius 3 is 2.79 bits per heavy atom. The zero-order chi connectivity index (χ0) is 14.1. The molecule has 0 aromatic heterocycles. The minimum Gasteiger partial charge on any atom is -0.491 e. The van der Waals surface area contributed by atoms with Gasteiger partial charge in [-0.1, -0.05) is 17.7 Å². The van der Waals surface area contributed by atoms with Crippen LogP contribution in [0.25, 0.3) is 0 Å². The van der Waals surface area contributed by atoms with Gasteiger partial charge in [0, 0.05) is 18.7 Å². The van der Waals surface area contributed by atoms with Gasteiger partial charge in [0.1, 0.15) is 18.5 Å². The summed E-state index contributed by atoms with van der Waals surface area (Å²) in [7, 11) is 1.56. The molecule has 0 heterocycles. The summed E-state index contributed by atoms with van der Waals surface area (Å²) in [5, 5.41) is 22.4. The third-order valence-corrected chi connectivity index (χ3v) is 2.70. The number of halogens is 1. The predicted molar refractivity (Wildman–Crippen MR) is 73.7 cm³/mol. The predicted octanol–water partition coefficient (Wildman–Crippen LogP) is 0.677. The van der Waals surface area contributed by atoms with Crippen molar-refractivity contribution in [3.8, 4) is 5.75 Å². The van der Waals surface area contributed by atoms with E-state index in [4.69, 9.17) is 26.2 Å². The second-order valence-electron chi connectivity index (χ2n) is 4.17. The summed E-state index contributed by atoms with van der Waals surface area (Å²) in [5.41, 5.74) is 0. The average Bonchev–Trinajstić information content (AvgIpc) is 2.41. The molecular formula is C13H20ClNO4. The lowest BCUT2D eigenvalue weighted by atomic mass is 10.3. The van der Waals surface area contributed by atoms with Gasteiger partial charge in [-0.05, 0) is 18.2 Å². The van der Waals surface area contributed by atoms with Crippen LogP contribution in [-0.4, -0.2) is 55.8 Å². The first-order valence-electron chi connectivity index (χ1n) is 6.05. The van der Waals surface area contributed by atoms with Gasteiger partial charge in [-0.15, -0.1) is 0 Å². The molecule has 0 fully saturated rings. The quantitative estimate of drug-likeness (QED) is 0.623. The summed E-state index contributed by atoms with van der Waals surface area (Å²) in [6, 6.07) is 6.80. The molecule has 0 bridgehead atoms. The topological polar surface area (TPSA) is 71.0 Å². The number of aliphatic hydroxyl groups is 2. The summed E-state index contributed by atoms with van der Waals surface area (Å²) < 4.78 is 10.3. The fourth-order valence-corrected chi connectivity index (χ4v) is 1.67. The van der Waals surface area contributed by atoms with E-state index in [-0.39, 0.29) is 19.3 Å². The number of hydrogen-bond acceptors (Lipinski definition) is 5. The molecule has 5 nitrogen and oxygen atoms in total. The molecule has 2 unspecified atom stereocenters. The van der Waals surface area contributed by atoms with Gasteiger partial charge in [-0.25, -0.2) is 0 Å². The maximum absolute atomic E-state index is 9.75. The van der Waals surface area contributed by atoms with Crippen molar-refractivity contribution < 1.29 is 19.7 Å². The van der Waals surface area contributed by atoms with Crippen molar-refractivity contribution in [3.63, 3.8) is 0 Å². The second kappa shape index (κ2) is 9.12. The van der Waals surface area contributed by atoms with Crippen molar-refractivity contribution >= 4 is 11.6 Å². The molecule has 3 N–H and O–H groups in total. The van der Waals surface area contributed by atoms with E-state index in [0.29, 0.717) is 23.9 Å². The minimum atomic E-state index is -0.676. The van der Waals surface area contributed by atoms with Crippen molar-refractivity contribution in [2.24, 2.45) is 0 Å². The first-order valence-corrected chi connectivity index (χ1v) is 6.43. The molecule has 0 aliphatic rings. The van der Waals surface area contributed by atoms with Crippen LogP contribution in [0, 0.1) is 0 Å². The van der Waals surface area contributed by atoms with Crippen LogP contribution in [0.15, 0.2) is 24.3 Å². The van der Waals surface area contributed by atoms with E-state index in [9.17, 15) is 5.11 Å². The highest BCUT2D eigenvalue weighted by Gasteiger charge is 2.10. The van der Waals surface area contributed by atoms with Crippen LogP contribution < -0.4 is 10.1 Å². The standard InChI is InChI=1S/C13H20ClNO4/c1-18-8-11(7-16)15-6-12(17)9-19-13-4-2-3-10(14)5-13/h2-5,11-12,15-17H,6-9H2,1H3. The van der Waals surface area contributed by atoms with Gasteiger partial charge in [0.25, 0.3) is 0 Å². The monoisotopic (exact) mass is 289 g/mol. The Bertz CT molecular complexity index is 364. The molecule has 1 rings (SSSR count). The van der Waals surface area contributed by atoms with Crippen LogP contribution >= 0.6 is 11.6 Å². The number of methoxy groups -OCH3 is 1. The number of aliphatic hydroxyl groups excluding tert-OH is 2. The fraction of sp³-hybridized carbons (Fsp3) is 0.538. The van der Waals surface area contributed by atoms with Crippen LogP contribution in [0.2, 0.25) is 5.02 Å². The Balaban J connectivity index is 2.25. The molecule has 0 amide bonds. The molecule has 6 heteroatoms. The zero-order valence-corrected chi connectivity index (χ0v) is 11.6. The Hall–Kier alpha value is -0.850. The van der Waals surface area contributed by atoms with E-state index in [1.807, 2.05) is 0 Å². The van der Waals surface area contributed by atoms with Gasteiger partial charge in [0.05, 0.1) is 19.3 Å². The Morgan fingerprint density at radius 2 is 2.16 bits per heavy atom. The van der Waals surface area contributed by atoms with Gasteiger partial charge in [0.15, 0.2) is 0 Å². The number of nitrogens with one attached hydrogen (secondary N) is 1. The summed E-state index contributed by atoms with van der Waals surface area (Å²) >= 11 is 5.82. The Morgan fingerprint density at radius 1 is 1.37 bits per heavy atom. The van der Waals surface area contributed by atoms with Gasteiger partial charge >= 0.3 is 0 Å². The lowest BCUT2D eigenvalue weighted by Crippen LogP contribution is -2.42. The molecule has 0 aliphatic heterocycles. The van der Waals surface area contributed by atoms with Crippen molar-refractivity contribution in [3.05, 3.63) is 29.3 Å². The van der Waals surface area contributed by atoms with Crippen LogP contribution in [0.1, 0.15) is 0 Å². The first kappa shape index (κ1) is 16.2. The van der Waals surface area contributed by atoms with Crippen LogP contribution in [0.5, 0.6) is 5.75 Å². The largest absolute Gasteiger partial charge is 0.491 e. The number of ether oxygens (including phenoxy) is 2. The maximum atomic E-state index is 9.75. The van der Waals surface area contributed by atoms with Crippen LogP contribution in [0.4, 0.5) is 0 Å². The van der Waals surface area contributed by atoms with Crippen LogP contribution in [0.3, 0.4) is 0 Å². The molecule has 108 valence electrons. The summed E-state index contributed by atoms with van der Waals surface area (Å²) in [5.74, 6) is 0.613. The number of hydrogen-bond donors (Lipinski definition) is 3. The number of rotatable bonds is 9. The SMILES string of the molecule is COCC(CO)NCC(O)COc1cccc(Cl)c1. The molecule has 2 atom stereocenters. The van der Waals surface area contributed by atoms with Gasteiger partial charge in [-0.3, -0.25) is 0 Å². The normalized spacial score (nSPS) is 14.1. The maximum Gasteiger partial charge on any atom is 0.120 e. The summed E-state index contributed by atoms with van der Waals surface area (Å²) in [6.45, 7) is 0.807. The molecule has 0 saturated heterocycles. The molecule has 1 aromatic carbocycles. The van der Waals surface area contributed by atoms with Crippen molar-refractivity contribution in [1.29, 1.82) is 0 Å². The molecule has 0 radical (unpaired) electrons. The summed E-state index contributed by atoms with van der Waals surface area (Å²) in [6.07, 6.45) is -0.676. The number of benzene rings is 1. The minimum absolute atomic E-state index is 0.0459. The summed E-state index contributed by atoms with van der Waals surface area (Å²) in [4.78, 5) is 0. The van der Waals surface area contributed by atoms with E-state index in [0.717, 1.165) is 0 Å². The van der Waals surface area contributed by atoms with E-state index >= 15 is 0 Å². The highest BCUT2D eigenvalue weighted by atomic mass is 35.5. The van der Waals surface area contributed by atoms with Crippen molar-refractivity contribution in [1.82, 2.24) is 5.32 Å².